The number of benzene rings is 2. The third kappa shape index (κ3) is 5.42. The van der Waals surface area contributed by atoms with Crippen molar-refractivity contribution in [2.75, 3.05) is 0 Å². The first-order valence-corrected chi connectivity index (χ1v) is 9.26. The van der Waals surface area contributed by atoms with Gasteiger partial charge in [0, 0.05) is 6.54 Å². The number of imide groups is 1. The molecular formula is C19H19N5O2S. The Morgan fingerprint density at radius 1 is 1.07 bits per heavy atom. The van der Waals surface area contributed by atoms with Crippen molar-refractivity contribution < 1.29 is 9.59 Å². The van der Waals surface area contributed by atoms with Gasteiger partial charge in [0.15, 0.2) is 0 Å². The summed E-state index contributed by atoms with van der Waals surface area (Å²) in [4.78, 5) is 28.3. The van der Waals surface area contributed by atoms with Crippen LogP contribution in [0.25, 0.3) is 5.69 Å². The van der Waals surface area contributed by atoms with Gasteiger partial charge in [0.25, 0.3) is 0 Å². The molecule has 0 aliphatic heterocycles. The summed E-state index contributed by atoms with van der Waals surface area (Å²) in [6, 6.07) is 18.5. The van der Waals surface area contributed by atoms with Crippen molar-refractivity contribution in [3.8, 4) is 5.69 Å². The van der Waals surface area contributed by atoms with E-state index in [0.29, 0.717) is 11.7 Å². The molecule has 2 N–H and O–H groups in total. The van der Waals surface area contributed by atoms with Crippen molar-refractivity contribution in [2.45, 2.75) is 23.9 Å². The molecule has 3 amide bonds. The number of hydrogen-bond donors (Lipinski definition) is 2. The van der Waals surface area contributed by atoms with Crippen molar-refractivity contribution in [3.63, 3.8) is 0 Å². The number of nitrogens with zero attached hydrogens (tertiary/aromatic N) is 3. The number of hydrogen-bond acceptors (Lipinski definition) is 5. The third-order valence-electron chi connectivity index (χ3n) is 3.68. The monoisotopic (exact) mass is 381 g/mol. The zero-order chi connectivity index (χ0) is 19.1. The highest BCUT2D eigenvalue weighted by molar-refractivity contribution is 8.00. The Balaban J connectivity index is 1.49. The number of para-hydroxylation sites is 1. The van der Waals surface area contributed by atoms with Crippen molar-refractivity contribution in [1.82, 2.24) is 25.4 Å². The number of carbonyl (C=O) groups excluding carboxylic acids is 2. The van der Waals surface area contributed by atoms with E-state index in [-0.39, 0.29) is 0 Å². The molecule has 3 aromatic rings. The molecule has 27 heavy (non-hydrogen) atoms. The lowest BCUT2D eigenvalue weighted by molar-refractivity contribution is -0.119. The zero-order valence-electron chi connectivity index (χ0n) is 14.7. The van der Waals surface area contributed by atoms with E-state index in [1.807, 2.05) is 60.7 Å². The predicted octanol–water partition coefficient (Wildman–Crippen LogP) is 2.77. The first-order valence-electron chi connectivity index (χ1n) is 8.38. The first kappa shape index (κ1) is 18.7. The maximum Gasteiger partial charge on any atom is 0.321 e. The Labute approximate surface area is 161 Å². The molecule has 0 saturated carbocycles. The fraction of sp³-hybridized carbons (Fsp3) is 0.158. The Kier molecular flexibility index (Phi) is 6.22. The van der Waals surface area contributed by atoms with Crippen LogP contribution in [0.1, 0.15) is 12.5 Å². The Morgan fingerprint density at radius 2 is 1.74 bits per heavy atom. The van der Waals surface area contributed by atoms with E-state index < -0.39 is 17.2 Å². The number of nitrogens with one attached hydrogen (secondary N) is 2. The van der Waals surface area contributed by atoms with E-state index in [9.17, 15) is 9.59 Å². The lowest BCUT2D eigenvalue weighted by Crippen LogP contribution is -2.42. The zero-order valence-corrected chi connectivity index (χ0v) is 15.5. The number of rotatable bonds is 6. The summed E-state index contributed by atoms with van der Waals surface area (Å²) in [5, 5.41) is 9.29. The minimum Gasteiger partial charge on any atom is -0.334 e. The Hall–Kier alpha value is -3.13. The summed E-state index contributed by atoms with van der Waals surface area (Å²) in [6.45, 7) is 2.05. The van der Waals surface area contributed by atoms with Crippen LogP contribution in [0.4, 0.5) is 4.79 Å². The van der Waals surface area contributed by atoms with E-state index in [2.05, 4.69) is 20.7 Å². The van der Waals surface area contributed by atoms with Crippen LogP contribution in [0.15, 0.2) is 72.1 Å². The van der Waals surface area contributed by atoms with Gasteiger partial charge in [-0.3, -0.25) is 10.1 Å². The SMILES string of the molecule is CC(Sc1ncn(-c2ccccc2)n1)C(=O)NC(=O)NCc1ccccc1. The maximum absolute atomic E-state index is 12.2. The van der Waals surface area contributed by atoms with Crippen molar-refractivity contribution in [2.24, 2.45) is 0 Å². The number of thioether (sulfide) groups is 1. The maximum atomic E-state index is 12.2. The molecule has 1 unspecified atom stereocenters. The molecule has 0 radical (unpaired) electrons. The summed E-state index contributed by atoms with van der Waals surface area (Å²) in [5.74, 6) is -0.401. The predicted molar refractivity (Wildman–Crippen MR) is 103 cm³/mol. The molecule has 8 heteroatoms. The van der Waals surface area contributed by atoms with Gasteiger partial charge in [-0.25, -0.2) is 14.5 Å². The highest BCUT2D eigenvalue weighted by atomic mass is 32.2. The van der Waals surface area contributed by atoms with Gasteiger partial charge in [-0.15, -0.1) is 5.10 Å². The molecule has 0 fully saturated rings. The average Bonchev–Trinajstić information content (AvgIpc) is 3.16. The van der Waals surface area contributed by atoms with Crippen molar-refractivity contribution >= 4 is 23.7 Å². The highest BCUT2D eigenvalue weighted by Crippen LogP contribution is 2.19. The van der Waals surface area contributed by atoms with E-state index in [4.69, 9.17) is 0 Å². The van der Waals surface area contributed by atoms with Crippen LogP contribution in [-0.4, -0.2) is 32.0 Å². The van der Waals surface area contributed by atoms with Crippen LogP contribution in [0.5, 0.6) is 0 Å². The molecule has 1 aromatic heterocycles. The Bertz CT molecular complexity index is 899. The summed E-state index contributed by atoms with van der Waals surface area (Å²) in [5.41, 5.74) is 1.84. The summed E-state index contributed by atoms with van der Waals surface area (Å²) in [6.07, 6.45) is 1.59. The molecular weight excluding hydrogens is 362 g/mol. The number of amides is 3. The summed E-state index contributed by atoms with van der Waals surface area (Å²) in [7, 11) is 0. The second-order valence-corrected chi connectivity index (χ2v) is 7.03. The topological polar surface area (TPSA) is 88.9 Å². The van der Waals surface area contributed by atoms with Crippen LogP contribution in [0.3, 0.4) is 0 Å². The molecule has 138 valence electrons. The molecule has 0 spiro atoms. The summed E-state index contributed by atoms with van der Waals surface area (Å²) < 4.78 is 1.64. The number of carbonyl (C=O) groups is 2. The van der Waals surface area contributed by atoms with Crippen molar-refractivity contribution in [1.29, 1.82) is 0 Å². The Morgan fingerprint density at radius 3 is 2.44 bits per heavy atom. The molecule has 0 aliphatic rings. The number of aromatic nitrogens is 3. The summed E-state index contributed by atoms with van der Waals surface area (Å²) >= 11 is 1.19. The van der Waals surface area contributed by atoms with Crippen LogP contribution in [0, 0.1) is 0 Å². The smallest absolute Gasteiger partial charge is 0.321 e. The van der Waals surface area contributed by atoms with Gasteiger partial charge >= 0.3 is 6.03 Å². The van der Waals surface area contributed by atoms with Gasteiger partial charge in [-0.1, -0.05) is 60.3 Å². The minimum atomic E-state index is -0.529. The largest absolute Gasteiger partial charge is 0.334 e. The van der Waals surface area contributed by atoms with Gasteiger partial charge in [0.1, 0.15) is 6.33 Å². The van der Waals surface area contributed by atoms with E-state index in [0.717, 1.165) is 11.3 Å². The fourth-order valence-corrected chi connectivity index (χ4v) is 2.98. The fourth-order valence-electron chi connectivity index (χ4n) is 2.25. The van der Waals surface area contributed by atoms with Crippen LogP contribution in [0.2, 0.25) is 0 Å². The first-order chi connectivity index (χ1) is 13.1. The quantitative estimate of drug-likeness (QED) is 0.641. The molecule has 0 bridgehead atoms. The van der Waals surface area contributed by atoms with Gasteiger partial charge in [0.05, 0.1) is 10.9 Å². The minimum absolute atomic E-state index is 0.352. The highest BCUT2D eigenvalue weighted by Gasteiger charge is 2.19. The standard InChI is InChI=1S/C19H19N5O2S/c1-14(17(25)22-18(26)20-12-15-8-4-2-5-9-15)27-19-21-13-24(23-19)16-10-6-3-7-11-16/h2-11,13-14H,12H2,1H3,(H2,20,22,25,26). The molecule has 7 nitrogen and oxygen atoms in total. The normalized spacial score (nSPS) is 11.6. The van der Waals surface area contributed by atoms with Gasteiger partial charge < -0.3 is 5.32 Å². The molecule has 3 rings (SSSR count). The molecule has 2 aromatic carbocycles. The molecule has 1 atom stereocenters. The van der Waals surface area contributed by atoms with E-state index in [1.165, 1.54) is 11.8 Å². The van der Waals surface area contributed by atoms with Gasteiger partial charge in [-0.05, 0) is 24.6 Å². The van der Waals surface area contributed by atoms with Crippen LogP contribution >= 0.6 is 11.8 Å². The second-order valence-electron chi connectivity index (χ2n) is 5.72. The third-order valence-corrected chi connectivity index (χ3v) is 4.64. The van der Waals surface area contributed by atoms with E-state index >= 15 is 0 Å². The molecule has 1 heterocycles. The average molecular weight is 381 g/mol. The molecule has 0 aliphatic carbocycles. The van der Waals surface area contributed by atoms with Crippen LogP contribution in [-0.2, 0) is 11.3 Å². The molecule has 0 saturated heterocycles. The van der Waals surface area contributed by atoms with Crippen LogP contribution < -0.4 is 10.6 Å². The van der Waals surface area contributed by atoms with Gasteiger partial charge in [-0.2, -0.15) is 0 Å². The lowest BCUT2D eigenvalue weighted by Gasteiger charge is -2.10. The lowest BCUT2D eigenvalue weighted by atomic mass is 10.2. The van der Waals surface area contributed by atoms with E-state index in [1.54, 1.807) is 17.9 Å². The van der Waals surface area contributed by atoms with Gasteiger partial charge in [0.2, 0.25) is 11.1 Å². The van der Waals surface area contributed by atoms with Crippen molar-refractivity contribution in [3.05, 3.63) is 72.6 Å². The number of urea groups is 1. The second kappa shape index (κ2) is 9.00.